The molecule has 2 atom stereocenters. The van der Waals surface area contributed by atoms with Crippen LogP contribution in [-0.2, 0) is 14.9 Å². The first-order valence-electron chi connectivity index (χ1n) is 12.0. The van der Waals surface area contributed by atoms with Gasteiger partial charge in [0.25, 0.3) is 10.1 Å². The molecule has 0 fully saturated rings. The number of carboxylic acid groups (broad SMARTS) is 1. The zero-order valence-electron chi connectivity index (χ0n) is 20.6. The molecule has 0 aromatic rings. The van der Waals surface area contributed by atoms with Crippen LogP contribution in [0.2, 0.25) is 0 Å². The summed E-state index contributed by atoms with van der Waals surface area (Å²) in [6.07, 6.45) is 13.2. The van der Waals surface area contributed by atoms with Gasteiger partial charge in [0.1, 0.15) is 17.0 Å². The summed E-state index contributed by atoms with van der Waals surface area (Å²) in [6.45, 7) is 6.15. The van der Waals surface area contributed by atoms with Crippen molar-refractivity contribution in [3.05, 3.63) is 0 Å². The van der Waals surface area contributed by atoms with E-state index in [1.807, 2.05) is 21.0 Å². The fourth-order valence-corrected chi connectivity index (χ4v) is 4.92. The summed E-state index contributed by atoms with van der Waals surface area (Å²) in [6, 6.07) is 0. The summed E-state index contributed by atoms with van der Waals surface area (Å²) in [5, 5.41) is 12.1. The number of carbonyl (C=O) groups is 1. The van der Waals surface area contributed by atoms with Crippen molar-refractivity contribution in [2.45, 2.75) is 115 Å². The second-order valence-corrected chi connectivity index (χ2v) is 11.6. The largest absolute Gasteiger partial charge is 0.544 e. The van der Waals surface area contributed by atoms with Gasteiger partial charge in [-0.2, -0.15) is 8.42 Å². The lowest BCUT2D eigenvalue weighted by atomic mass is 9.81. The lowest BCUT2D eigenvalue weighted by molar-refractivity contribution is -0.977. The monoisotopic (exact) mass is 464 g/mol. The maximum absolute atomic E-state index is 12.1. The lowest BCUT2D eigenvalue weighted by Gasteiger charge is -2.57. The Balaban J connectivity index is 4.82. The molecule has 8 heteroatoms. The van der Waals surface area contributed by atoms with Gasteiger partial charge in [0.2, 0.25) is 0 Å². The number of nitrogens with two attached hydrogens (primary N) is 1. The Bertz CT molecular complexity index is 623. The molecule has 0 saturated heterocycles. The SMILES string of the molecule is CCCCCCCCCCCCC(C)(CN)[N+](C)(C)C(C)(CCCS(=O)(=O)O)C(=O)[O-]. The molecular formula is C23H48N2O5S. The van der Waals surface area contributed by atoms with Crippen molar-refractivity contribution in [1.29, 1.82) is 0 Å². The maximum Gasteiger partial charge on any atom is 0.264 e. The molecule has 0 aliphatic carbocycles. The van der Waals surface area contributed by atoms with Gasteiger partial charge in [-0.3, -0.25) is 4.55 Å². The minimum Gasteiger partial charge on any atom is -0.544 e. The van der Waals surface area contributed by atoms with Crippen LogP contribution in [0.4, 0.5) is 0 Å². The predicted molar refractivity (Wildman–Crippen MR) is 125 cm³/mol. The highest BCUT2D eigenvalue weighted by Crippen LogP contribution is 2.37. The summed E-state index contributed by atoms with van der Waals surface area (Å²) in [4.78, 5) is 12.1. The van der Waals surface area contributed by atoms with Crippen molar-refractivity contribution in [2.75, 3.05) is 26.4 Å². The van der Waals surface area contributed by atoms with E-state index in [0.717, 1.165) is 19.3 Å². The number of carboxylic acids is 1. The molecule has 0 heterocycles. The zero-order valence-corrected chi connectivity index (χ0v) is 21.4. The van der Waals surface area contributed by atoms with Crippen LogP contribution < -0.4 is 10.8 Å². The first-order chi connectivity index (χ1) is 14.3. The van der Waals surface area contributed by atoms with Gasteiger partial charge in [-0.05, 0) is 26.7 Å². The van der Waals surface area contributed by atoms with Crippen LogP contribution in [0.1, 0.15) is 104 Å². The highest BCUT2D eigenvalue weighted by Gasteiger charge is 2.52. The molecule has 0 radical (unpaired) electrons. The summed E-state index contributed by atoms with van der Waals surface area (Å²) >= 11 is 0. The predicted octanol–water partition coefficient (Wildman–Crippen LogP) is 3.27. The smallest absolute Gasteiger partial charge is 0.264 e. The molecule has 0 aliphatic rings. The highest BCUT2D eigenvalue weighted by molar-refractivity contribution is 7.85. The first kappa shape index (κ1) is 30.3. The van der Waals surface area contributed by atoms with E-state index in [9.17, 15) is 18.3 Å². The van der Waals surface area contributed by atoms with Gasteiger partial charge in [-0.25, -0.2) is 0 Å². The number of rotatable bonds is 19. The number of hydrogen-bond acceptors (Lipinski definition) is 5. The number of quaternary nitrogens is 1. The van der Waals surface area contributed by atoms with Gasteiger partial charge >= 0.3 is 0 Å². The molecule has 186 valence electrons. The van der Waals surface area contributed by atoms with Crippen LogP contribution in [0.5, 0.6) is 0 Å². The number of unbranched alkanes of at least 4 members (excludes halogenated alkanes) is 9. The average molecular weight is 465 g/mol. The average Bonchev–Trinajstić information content (AvgIpc) is 2.67. The third-order valence-electron chi connectivity index (χ3n) is 7.60. The van der Waals surface area contributed by atoms with Gasteiger partial charge in [-0.1, -0.05) is 64.7 Å². The zero-order chi connectivity index (χ0) is 24.2. The summed E-state index contributed by atoms with van der Waals surface area (Å²) < 4.78 is 31.2. The molecule has 0 rings (SSSR count). The van der Waals surface area contributed by atoms with E-state index in [0.29, 0.717) is 6.54 Å². The van der Waals surface area contributed by atoms with E-state index in [4.69, 9.17) is 10.3 Å². The Labute approximate surface area is 191 Å². The molecule has 0 bridgehead atoms. The lowest BCUT2D eigenvalue weighted by Crippen LogP contribution is -2.75. The second kappa shape index (κ2) is 13.8. The van der Waals surface area contributed by atoms with Crippen LogP contribution in [0.25, 0.3) is 0 Å². The minimum absolute atomic E-state index is 0.0455. The van der Waals surface area contributed by atoms with E-state index < -0.39 is 32.9 Å². The van der Waals surface area contributed by atoms with Crippen molar-refractivity contribution >= 4 is 16.1 Å². The Morgan fingerprint density at radius 1 is 0.903 bits per heavy atom. The highest BCUT2D eigenvalue weighted by atomic mass is 32.2. The number of aliphatic carboxylic acids is 1. The van der Waals surface area contributed by atoms with Crippen LogP contribution in [0.3, 0.4) is 0 Å². The van der Waals surface area contributed by atoms with Crippen LogP contribution in [-0.4, -0.2) is 60.9 Å². The Morgan fingerprint density at radius 3 is 1.74 bits per heavy atom. The quantitative estimate of drug-likeness (QED) is 0.172. The first-order valence-corrected chi connectivity index (χ1v) is 13.6. The van der Waals surface area contributed by atoms with E-state index in [-0.39, 0.29) is 17.3 Å². The van der Waals surface area contributed by atoms with E-state index in [2.05, 4.69) is 6.92 Å². The van der Waals surface area contributed by atoms with Crippen molar-refractivity contribution in [3.63, 3.8) is 0 Å². The third-order valence-corrected chi connectivity index (χ3v) is 8.40. The number of likely N-dealkylation sites (N-methyl/N-ethyl adjacent to an activating group) is 1. The van der Waals surface area contributed by atoms with E-state index >= 15 is 0 Å². The summed E-state index contributed by atoms with van der Waals surface area (Å²) in [5.74, 6) is -1.69. The fraction of sp³-hybridized carbons (Fsp3) is 0.957. The van der Waals surface area contributed by atoms with Crippen molar-refractivity contribution in [2.24, 2.45) is 5.73 Å². The molecule has 2 unspecified atom stereocenters. The van der Waals surface area contributed by atoms with Gasteiger partial charge < -0.3 is 20.1 Å². The molecule has 0 aromatic carbocycles. The summed E-state index contributed by atoms with van der Waals surface area (Å²) in [7, 11) is -0.457. The third kappa shape index (κ3) is 9.76. The molecule has 0 saturated carbocycles. The van der Waals surface area contributed by atoms with Crippen LogP contribution >= 0.6 is 0 Å². The Hall–Kier alpha value is -0.700. The molecule has 0 spiro atoms. The molecule has 7 nitrogen and oxygen atoms in total. The van der Waals surface area contributed by atoms with Crippen molar-refractivity contribution in [1.82, 2.24) is 0 Å². The standard InChI is InChI=1S/C23H48N2O5S/c1-6-7-8-9-10-11-12-13-14-15-17-22(2,20-24)25(4,5)23(3,21(26)27)18-16-19-31(28,29)30/h6-20,24H2,1-5H3,(H-,26,27,28,29,30). The minimum atomic E-state index is -4.14. The molecule has 0 aliphatic heterocycles. The van der Waals surface area contributed by atoms with Crippen molar-refractivity contribution < 1.29 is 27.4 Å². The van der Waals surface area contributed by atoms with Crippen LogP contribution in [0.15, 0.2) is 0 Å². The van der Waals surface area contributed by atoms with Crippen LogP contribution in [0, 0.1) is 0 Å². The Kier molecular flexibility index (Phi) is 13.4. The van der Waals surface area contributed by atoms with Gasteiger partial charge in [0.15, 0.2) is 0 Å². The van der Waals surface area contributed by atoms with Crippen molar-refractivity contribution in [3.8, 4) is 0 Å². The normalized spacial score (nSPS) is 16.6. The molecule has 3 N–H and O–H groups in total. The molecular weight excluding hydrogens is 416 g/mol. The van der Waals surface area contributed by atoms with E-state index in [1.165, 1.54) is 51.4 Å². The maximum atomic E-state index is 12.1. The van der Waals surface area contributed by atoms with Gasteiger partial charge in [-0.15, -0.1) is 0 Å². The second-order valence-electron chi connectivity index (χ2n) is 10.0. The molecule has 0 amide bonds. The van der Waals surface area contributed by atoms with Gasteiger partial charge in [0.05, 0.1) is 19.8 Å². The summed E-state index contributed by atoms with van der Waals surface area (Å²) in [5.41, 5.74) is 4.33. The Morgan fingerprint density at radius 2 is 1.35 bits per heavy atom. The molecule has 31 heavy (non-hydrogen) atoms. The number of hydrogen-bond donors (Lipinski definition) is 2. The van der Waals surface area contributed by atoms with E-state index in [1.54, 1.807) is 6.92 Å². The fourth-order valence-electron chi connectivity index (χ4n) is 4.41. The van der Waals surface area contributed by atoms with Gasteiger partial charge in [0, 0.05) is 19.4 Å². The number of carbonyl (C=O) groups excluding carboxylic acids is 1. The molecule has 0 aromatic heterocycles. The topological polar surface area (TPSA) is 121 Å². The number of nitrogens with zero attached hydrogens (tertiary/aromatic N) is 1.